The molecule has 0 aromatic heterocycles. The summed E-state index contributed by atoms with van der Waals surface area (Å²) < 4.78 is 0. The monoisotopic (exact) mass is 170 g/mol. The lowest BCUT2D eigenvalue weighted by atomic mass is 9.99. The maximum atomic E-state index is 3.31. The second kappa shape index (κ2) is 4.83. The van der Waals surface area contributed by atoms with E-state index in [1.807, 2.05) is 0 Å². The van der Waals surface area contributed by atoms with Crippen LogP contribution in [0.5, 0.6) is 0 Å². The van der Waals surface area contributed by atoms with Gasteiger partial charge in [-0.3, -0.25) is 0 Å². The zero-order valence-electron chi connectivity index (χ0n) is 8.64. The molecule has 0 amide bonds. The van der Waals surface area contributed by atoms with E-state index in [4.69, 9.17) is 0 Å². The topological polar surface area (TPSA) is 15.3 Å². The Bertz CT molecular complexity index is 121. The van der Waals surface area contributed by atoms with Gasteiger partial charge >= 0.3 is 0 Å². The van der Waals surface area contributed by atoms with Gasteiger partial charge < -0.3 is 10.2 Å². The summed E-state index contributed by atoms with van der Waals surface area (Å²) in [6.07, 6.45) is 2.63. The van der Waals surface area contributed by atoms with E-state index in [9.17, 15) is 0 Å². The van der Waals surface area contributed by atoms with Crippen LogP contribution in [-0.4, -0.2) is 37.6 Å². The second-order valence-electron chi connectivity index (χ2n) is 4.05. The zero-order valence-corrected chi connectivity index (χ0v) is 8.64. The van der Waals surface area contributed by atoms with Crippen molar-refractivity contribution in [2.75, 3.05) is 26.7 Å². The molecule has 0 aromatic rings. The molecule has 0 saturated carbocycles. The Labute approximate surface area is 76.3 Å². The van der Waals surface area contributed by atoms with Gasteiger partial charge in [0.05, 0.1) is 0 Å². The molecule has 0 aliphatic carbocycles. The summed E-state index contributed by atoms with van der Waals surface area (Å²) in [5, 5.41) is 3.31. The molecule has 1 aliphatic rings. The third kappa shape index (κ3) is 2.76. The SMILES string of the molecule is CCC(C)N(C)CCC1CNC1. The van der Waals surface area contributed by atoms with E-state index in [0.29, 0.717) is 0 Å². The predicted octanol–water partition coefficient (Wildman–Crippen LogP) is 1.33. The van der Waals surface area contributed by atoms with Gasteiger partial charge in [-0.05, 0) is 52.4 Å². The minimum absolute atomic E-state index is 0.748. The fourth-order valence-electron chi connectivity index (χ4n) is 1.47. The molecule has 1 heterocycles. The number of hydrogen-bond donors (Lipinski definition) is 1. The van der Waals surface area contributed by atoms with Crippen LogP contribution < -0.4 is 5.32 Å². The molecule has 72 valence electrons. The van der Waals surface area contributed by atoms with Crippen LogP contribution in [0.1, 0.15) is 26.7 Å². The third-order valence-corrected chi connectivity index (χ3v) is 3.10. The maximum Gasteiger partial charge on any atom is 0.00612 e. The quantitative estimate of drug-likeness (QED) is 0.669. The number of nitrogens with zero attached hydrogens (tertiary/aromatic N) is 1. The summed E-state index contributed by atoms with van der Waals surface area (Å²) in [7, 11) is 2.24. The van der Waals surface area contributed by atoms with Crippen molar-refractivity contribution in [1.29, 1.82) is 0 Å². The van der Waals surface area contributed by atoms with Crippen molar-refractivity contribution in [3.63, 3.8) is 0 Å². The smallest absolute Gasteiger partial charge is 0.00612 e. The average molecular weight is 170 g/mol. The lowest BCUT2D eigenvalue weighted by Crippen LogP contribution is -2.44. The van der Waals surface area contributed by atoms with Crippen LogP contribution in [0.3, 0.4) is 0 Å². The molecule has 0 spiro atoms. The molecule has 1 saturated heterocycles. The van der Waals surface area contributed by atoms with Crippen molar-refractivity contribution in [2.24, 2.45) is 5.92 Å². The molecule has 1 aliphatic heterocycles. The molecule has 0 aromatic carbocycles. The Morgan fingerprint density at radius 2 is 2.17 bits per heavy atom. The van der Waals surface area contributed by atoms with Gasteiger partial charge in [0, 0.05) is 6.04 Å². The van der Waals surface area contributed by atoms with Crippen molar-refractivity contribution < 1.29 is 0 Å². The summed E-state index contributed by atoms with van der Waals surface area (Å²) in [5.41, 5.74) is 0. The molecule has 1 fully saturated rings. The Morgan fingerprint density at radius 1 is 1.50 bits per heavy atom. The molecule has 2 heteroatoms. The van der Waals surface area contributed by atoms with Crippen LogP contribution >= 0.6 is 0 Å². The summed E-state index contributed by atoms with van der Waals surface area (Å²) in [5.74, 6) is 0.955. The van der Waals surface area contributed by atoms with Crippen LogP contribution in [-0.2, 0) is 0 Å². The van der Waals surface area contributed by atoms with E-state index < -0.39 is 0 Å². The van der Waals surface area contributed by atoms with Crippen molar-refractivity contribution in [1.82, 2.24) is 10.2 Å². The summed E-state index contributed by atoms with van der Waals surface area (Å²) in [4.78, 5) is 2.47. The molecule has 0 radical (unpaired) electrons. The van der Waals surface area contributed by atoms with E-state index in [0.717, 1.165) is 12.0 Å². The number of hydrogen-bond acceptors (Lipinski definition) is 2. The molecule has 1 rings (SSSR count). The number of rotatable bonds is 5. The van der Waals surface area contributed by atoms with E-state index in [2.05, 4.69) is 31.1 Å². The van der Waals surface area contributed by atoms with E-state index in [-0.39, 0.29) is 0 Å². The lowest BCUT2D eigenvalue weighted by molar-refractivity contribution is 0.212. The fourth-order valence-corrected chi connectivity index (χ4v) is 1.47. The lowest BCUT2D eigenvalue weighted by Gasteiger charge is -2.30. The predicted molar refractivity (Wildman–Crippen MR) is 53.4 cm³/mol. The fraction of sp³-hybridized carbons (Fsp3) is 1.00. The standard InChI is InChI=1S/C10H22N2/c1-4-9(2)12(3)6-5-10-7-11-8-10/h9-11H,4-8H2,1-3H3. The van der Waals surface area contributed by atoms with Gasteiger partial charge in [0.2, 0.25) is 0 Å². The van der Waals surface area contributed by atoms with E-state index >= 15 is 0 Å². The van der Waals surface area contributed by atoms with Gasteiger partial charge in [-0.25, -0.2) is 0 Å². The zero-order chi connectivity index (χ0) is 8.97. The van der Waals surface area contributed by atoms with Crippen molar-refractivity contribution in [2.45, 2.75) is 32.7 Å². The molecule has 2 nitrogen and oxygen atoms in total. The highest BCUT2D eigenvalue weighted by Gasteiger charge is 2.17. The van der Waals surface area contributed by atoms with Gasteiger partial charge in [0.25, 0.3) is 0 Å². The van der Waals surface area contributed by atoms with Crippen LogP contribution in [0.15, 0.2) is 0 Å². The molecule has 12 heavy (non-hydrogen) atoms. The highest BCUT2D eigenvalue weighted by molar-refractivity contribution is 4.76. The van der Waals surface area contributed by atoms with Gasteiger partial charge in [0.15, 0.2) is 0 Å². The van der Waals surface area contributed by atoms with Crippen molar-refractivity contribution in [3.8, 4) is 0 Å². The van der Waals surface area contributed by atoms with E-state index in [1.54, 1.807) is 0 Å². The largest absolute Gasteiger partial charge is 0.316 e. The summed E-state index contributed by atoms with van der Waals surface area (Å²) >= 11 is 0. The first-order chi connectivity index (χ1) is 5.74. The first kappa shape index (κ1) is 10.0. The Hall–Kier alpha value is -0.0800. The van der Waals surface area contributed by atoms with Crippen molar-refractivity contribution in [3.05, 3.63) is 0 Å². The van der Waals surface area contributed by atoms with Gasteiger partial charge in [-0.15, -0.1) is 0 Å². The van der Waals surface area contributed by atoms with E-state index in [1.165, 1.54) is 32.5 Å². The Kier molecular flexibility index (Phi) is 4.02. The van der Waals surface area contributed by atoms with Crippen LogP contribution in [0.4, 0.5) is 0 Å². The van der Waals surface area contributed by atoms with Gasteiger partial charge in [-0.2, -0.15) is 0 Å². The molecule has 1 unspecified atom stereocenters. The van der Waals surface area contributed by atoms with Gasteiger partial charge in [0.1, 0.15) is 0 Å². The van der Waals surface area contributed by atoms with Crippen LogP contribution in [0, 0.1) is 5.92 Å². The van der Waals surface area contributed by atoms with Crippen molar-refractivity contribution >= 4 is 0 Å². The van der Waals surface area contributed by atoms with Gasteiger partial charge in [-0.1, -0.05) is 6.92 Å². The Balaban J connectivity index is 2.04. The minimum atomic E-state index is 0.748. The normalized spacial score (nSPS) is 21.0. The number of nitrogens with one attached hydrogen (secondary N) is 1. The minimum Gasteiger partial charge on any atom is -0.316 e. The molecule has 0 bridgehead atoms. The van der Waals surface area contributed by atoms with Crippen LogP contribution in [0.25, 0.3) is 0 Å². The molecule has 1 atom stereocenters. The maximum absolute atomic E-state index is 3.31. The molecular formula is C10H22N2. The second-order valence-corrected chi connectivity index (χ2v) is 4.05. The third-order valence-electron chi connectivity index (χ3n) is 3.10. The Morgan fingerprint density at radius 3 is 2.58 bits per heavy atom. The molecule has 1 N–H and O–H groups in total. The average Bonchev–Trinajstić information content (AvgIpc) is 2.00. The highest BCUT2D eigenvalue weighted by Crippen LogP contribution is 2.10. The highest BCUT2D eigenvalue weighted by atomic mass is 15.1. The van der Waals surface area contributed by atoms with Crippen LogP contribution in [0.2, 0.25) is 0 Å². The summed E-state index contributed by atoms with van der Waals surface area (Å²) in [6.45, 7) is 8.31. The first-order valence-electron chi connectivity index (χ1n) is 5.15. The first-order valence-corrected chi connectivity index (χ1v) is 5.15. The molecular weight excluding hydrogens is 148 g/mol. The summed E-state index contributed by atoms with van der Waals surface area (Å²) in [6, 6.07) is 0.748.